The van der Waals surface area contributed by atoms with Gasteiger partial charge in [-0.15, -0.1) is 0 Å². The highest BCUT2D eigenvalue weighted by Crippen LogP contribution is 2.29. The summed E-state index contributed by atoms with van der Waals surface area (Å²) in [7, 11) is 0. The van der Waals surface area contributed by atoms with Gasteiger partial charge in [0.15, 0.2) is 0 Å². The van der Waals surface area contributed by atoms with E-state index in [1.165, 1.54) is 17.3 Å². The summed E-state index contributed by atoms with van der Waals surface area (Å²) < 4.78 is 0.503. The summed E-state index contributed by atoms with van der Waals surface area (Å²) in [5.74, 6) is -0.133. The van der Waals surface area contributed by atoms with Crippen LogP contribution in [0.5, 0.6) is 0 Å². The topological polar surface area (TPSA) is 41.1 Å². The molecule has 0 bridgehead atoms. The zero-order chi connectivity index (χ0) is 20.2. The van der Waals surface area contributed by atoms with Crippen molar-refractivity contribution < 1.29 is 4.79 Å². The van der Waals surface area contributed by atoms with Crippen molar-refractivity contribution >= 4 is 46.0 Å². The minimum Gasteiger partial charge on any atom is -0.379 e. The molecule has 3 aromatic rings. The van der Waals surface area contributed by atoms with Crippen molar-refractivity contribution in [2.45, 2.75) is 13.0 Å². The number of benzene rings is 3. The third kappa shape index (κ3) is 4.75. The monoisotopic (exact) mass is 416 g/mol. The number of carbonyl (C=O) groups excluding carboxylic acids is 1. The van der Waals surface area contributed by atoms with E-state index >= 15 is 0 Å². The molecule has 3 nitrogen and oxygen atoms in total. The first-order valence-corrected chi connectivity index (χ1v) is 10.6. The standard InChI is InChI=1S/C24H20N2OS2/c1-16(18-8-3-2-4-9-18)25-21-12-6-11-20(15-21)19-10-5-7-17(13-19)14-22-23(27)26-24(28)29-22/h2-16,25H,1H3,(H,26,27,28)/b22-14-. The average molecular weight is 417 g/mol. The highest BCUT2D eigenvalue weighted by atomic mass is 32.2. The van der Waals surface area contributed by atoms with Crippen LogP contribution in [0.3, 0.4) is 0 Å². The second-order valence-electron chi connectivity index (χ2n) is 6.84. The van der Waals surface area contributed by atoms with Crippen LogP contribution in [0.2, 0.25) is 0 Å². The first-order chi connectivity index (χ1) is 14.1. The van der Waals surface area contributed by atoms with Gasteiger partial charge in [-0.05, 0) is 53.5 Å². The summed E-state index contributed by atoms with van der Waals surface area (Å²) >= 11 is 6.36. The molecule has 1 atom stereocenters. The molecule has 1 fully saturated rings. The fourth-order valence-corrected chi connectivity index (χ4v) is 4.29. The van der Waals surface area contributed by atoms with Crippen LogP contribution in [0.25, 0.3) is 17.2 Å². The molecule has 1 aliphatic rings. The molecule has 0 radical (unpaired) electrons. The van der Waals surface area contributed by atoms with E-state index in [1.54, 1.807) is 0 Å². The highest BCUT2D eigenvalue weighted by Gasteiger charge is 2.21. The minimum atomic E-state index is -0.133. The smallest absolute Gasteiger partial charge is 0.263 e. The van der Waals surface area contributed by atoms with Crippen molar-refractivity contribution in [3.8, 4) is 11.1 Å². The SMILES string of the molecule is CC(Nc1cccc(-c2cccc(/C=C3\SC(=S)NC3=O)c2)c1)c1ccccc1. The first kappa shape index (κ1) is 19.4. The van der Waals surface area contributed by atoms with Crippen LogP contribution in [0, 0.1) is 0 Å². The Hall–Kier alpha value is -2.89. The molecule has 0 aromatic heterocycles. The average Bonchev–Trinajstić information content (AvgIpc) is 3.05. The molecule has 3 aromatic carbocycles. The van der Waals surface area contributed by atoms with Crippen molar-refractivity contribution in [1.82, 2.24) is 5.32 Å². The van der Waals surface area contributed by atoms with Crippen molar-refractivity contribution in [3.05, 3.63) is 94.9 Å². The molecule has 4 rings (SSSR count). The fourth-order valence-electron chi connectivity index (χ4n) is 3.24. The Morgan fingerprint density at radius 2 is 1.69 bits per heavy atom. The Balaban J connectivity index is 1.56. The predicted molar refractivity (Wildman–Crippen MR) is 127 cm³/mol. The lowest BCUT2D eigenvalue weighted by molar-refractivity contribution is -0.115. The number of thiocarbonyl (C=S) groups is 1. The van der Waals surface area contributed by atoms with Crippen molar-refractivity contribution in [3.63, 3.8) is 0 Å². The number of nitrogens with one attached hydrogen (secondary N) is 2. The Morgan fingerprint density at radius 3 is 2.41 bits per heavy atom. The maximum Gasteiger partial charge on any atom is 0.263 e. The van der Waals surface area contributed by atoms with Gasteiger partial charge in [0, 0.05) is 11.7 Å². The molecule has 0 saturated carbocycles. The largest absolute Gasteiger partial charge is 0.379 e. The molecule has 1 amide bonds. The van der Waals surface area contributed by atoms with Gasteiger partial charge in [0.05, 0.1) is 4.91 Å². The molecule has 1 saturated heterocycles. The second kappa shape index (κ2) is 8.64. The Morgan fingerprint density at radius 1 is 0.966 bits per heavy atom. The van der Waals surface area contributed by atoms with Gasteiger partial charge < -0.3 is 10.6 Å². The number of hydrogen-bond donors (Lipinski definition) is 2. The van der Waals surface area contributed by atoms with Crippen molar-refractivity contribution in [1.29, 1.82) is 0 Å². The number of anilines is 1. The second-order valence-corrected chi connectivity index (χ2v) is 8.55. The molecule has 2 N–H and O–H groups in total. The van der Waals surface area contributed by atoms with E-state index in [-0.39, 0.29) is 11.9 Å². The molecule has 1 heterocycles. The fraction of sp³-hybridized carbons (Fsp3) is 0.0833. The molecule has 0 aliphatic carbocycles. The molecule has 144 valence electrons. The summed E-state index contributed by atoms with van der Waals surface area (Å²) in [6.45, 7) is 2.16. The van der Waals surface area contributed by atoms with E-state index in [1.807, 2.05) is 24.3 Å². The van der Waals surface area contributed by atoms with Crippen LogP contribution in [0.15, 0.2) is 83.8 Å². The number of thioether (sulfide) groups is 1. The van der Waals surface area contributed by atoms with Crippen molar-refractivity contribution in [2.24, 2.45) is 0 Å². The summed E-state index contributed by atoms with van der Waals surface area (Å²) in [5, 5.41) is 6.22. The summed E-state index contributed by atoms with van der Waals surface area (Å²) in [5.41, 5.74) is 5.51. The first-order valence-electron chi connectivity index (χ1n) is 9.35. The van der Waals surface area contributed by atoms with Gasteiger partial charge in [0.1, 0.15) is 4.32 Å². The lowest BCUT2D eigenvalue weighted by Gasteiger charge is -2.16. The van der Waals surface area contributed by atoms with Gasteiger partial charge in [-0.25, -0.2) is 0 Å². The van der Waals surface area contributed by atoms with Gasteiger partial charge in [0.25, 0.3) is 5.91 Å². The van der Waals surface area contributed by atoms with Crippen LogP contribution >= 0.6 is 24.0 Å². The van der Waals surface area contributed by atoms with E-state index in [0.29, 0.717) is 9.23 Å². The van der Waals surface area contributed by atoms with Gasteiger partial charge in [-0.2, -0.15) is 0 Å². The molecule has 1 unspecified atom stereocenters. The Labute approximate surface area is 180 Å². The summed E-state index contributed by atoms with van der Waals surface area (Å²) in [6.07, 6.45) is 1.88. The van der Waals surface area contributed by atoms with Crippen LogP contribution in [0.1, 0.15) is 24.1 Å². The molecule has 29 heavy (non-hydrogen) atoms. The van der Waals surface area contributed by atoms with Crippen LogP contribution in [-0.2, 0) is 4.79 Å². The predicted octanol–water partition coefficient (Wildman–Crippen LogP) is 6.02. The normalized spacial score (nSPS) is 16.0. The molecule has 1 aliphatic heterocycles. The van der Waals surface area contributed by atoms with Gasteiger partial charge >= 0.3 is 0 Å². The molecule has 5 heteroatoms. The van der Waals surface area contributed by atoms with Gasteiger partial charge in [-0.1, -0.05) is 84.6 Å². The quantitative estimate of drug-likeness (QED) is 0.394. The maximum absolute atomic E-state index is 11.9. The number of amides is 1. The van der Waals surface area contributed by atoms with Gasteiger partial charge in [0.2, 0.25) is 0 Å². The molecular formula is C24H20N2OS2. The lowest BCUT2D eigenvalue weighted by atomic mass is 10.0. The third-order valence-corrected chi connectivity index (χ3v) is 5.87. The molecule has 0 spiro atoms. The van der Waals surface area contributed by atoms with E-state index in [4.69, 9.17) is 12.2 Å². The Kier molecular flexibility index (Phi) is 5.79. The van der Waals surface area contributed by atoms with E-state index in [0.717, 1.165) is 22.4 Å². The Bertz CT molecular complexity index is 1090. The number of rotatable bonds is 5. The zero-order valence-electron chi connectivity index (χ0n) is 15.9. The highest BCUT2D eigenvalue weighted by molar-refractivity contribution is 8.26. The molecular weight excluding hydrogens is 396 g/mol. The van der Waals surface area contributed by atoms with Crippen molar-refractivity contribution in [2.75, 3.05) is 5.32 Å². The van der Waals surface area contributed by atoms with Gasteiger partial charge in [-0.3, -0.25) is 4.79 Å². The van der Waals surface area contributed by atoms with Crippen LogP contribution in [0.4, 0.5) is 5.69 Å². The number of hydrogen-bond acceptors (Lipinski definition) is 4. The third-order valence-electron chi connectivity index (χ3n) is 4.71. The van der Waals surface area contributed by atoms with E-state index < -0.39 is 0 Å². The summed E-state index contributed by atoms with van der Waals surface area (Å²) in [6, 6.07) is 27.1. The minimum absolute atomic E-state index is 0.133. The van der Waals surface area contributed by atoms with E-state index in [9.17, 15) is 4.79 Å². The number of carbonyl (C=O) groups is 1. The zero-order valence-corrected chi connectivity index (χ0v) is 17.5. The van der Waals surface area contributed by atoms with Crippen LogP contribution in [-0.4, -0.2) is 10.2 Å². The van der Waals surface area contributed by atoms with Crippen LogP contribution < -0.4 is 10.6 Å². The lowest BCUT2D eigenvalue weighted by Crippen LogP contribution is -2.17. The summed E-state index contributed by atoms with van der Waals surface area (Å²) in [4.78, 5) is 12.5. The van der Waals surface area contributed by atoms with E-state index in [2.05, 4.69) is 78.2 Å². The maximum atomic E-state index is 11.9.